The highest BCUT2D eigenvalue weighted by Gasteiger charge is 2.38. The molecule has 0 bridgehead atoms. The first-order valence-electron chi connectivity index (χ1n) is 22.0. The molecule has 0 aliphatic heterocycles. The third-order valence-corrected chi connectivity index (χ3v) is 16.2. The molecule has 0 saturated heterocycles. The number of hydrogen-bond donors (Lipinski definition) is 0. The standard InChI is InChI=1S/C30H30Br2.C27H24Br2O/c1-17-13-25-21(7-6-8-28(25)30(3,4)5)24(17)14-18(2)29-26-15-19(31)9-11-22(26)23-12-10-20(32)16-27(23)29;1-15-11-23-19(5-4-6-26(23)30-3)22(15)12-16(2)27-24-13-17(28)7-9-20(24)21-10-8-18(29)14-25(21)27/h6-13,15-16,18,24,29H,14H2,1-5H3;4-11,13-14,16,22,27H,12H2,1-3H3. The van der Waals surface area contributed by atoms with Crippen molar-refractivity contribution < 1.29 is 4.74 Å². The van der Waals surface area contributed by atoms with Gasteiger partial charge in [0.15, 0.2) is 0 Å². The molecule has 0 N–H and O–H groups in total. The van der Waals surface area contributed by atoms with E-state index in [1.807, 2.05) is 0 Å². The first-order valence-corrected chi connectivity index (χ1v) is 25.1. The zero-order valence-electron chi connectivity index (χ0n) is 36.8. The van der Waals surface area contributed by atoms with Crippen LogP contribution in [0.1, 0.15) is 135 Å². The third-order valence-electron chi connectivity index (χ3n) is 14.2. The molecule has 0 saturated carbocycles. The molecule has 0 amide bonds. The van der Waals surface area contributed by atoms with E-state index in [1.165, 1.54) is 83.5 Å². The Balaban J connectivity index is 0.000000158. The summed E-state index contributed by atoms with van der Waals surface area (Å²) in [5.41, 5.74) is 21.5. The van der Waals surface area contributed by atoms with Gasteiger partial charge in [-0.1, -0.05) is 176 Å². The number of hydrogen-bond acceptors (Lipinski definition) is 1. The van der Waals surface area contributed by atoms with Crippen molar-refractivity contribution in [2.24, 2.45) is 11.8 Å². The average Bonchev–Trinajstić information content (AvgIpc) is 3.93. The van der Waals surface area contributed by atoms with Crippen molar-refractivity contribution in [3.05, 3.63) is 188 Å². The van der Waals surface area contributed by atoms with Crippen LogP contribution in [-0.2, 0) is 5.41 Å². The quantitative estimate of drug-likeness (QED) is 0.155. The summed E-state index contributed by atoms with van der Waals surface area (Å²) in [6, 6.07) is 40.5. The molecule has 6 aromatic carbocycles. The number of allylic oxidation sites excluding steroid dienone is 2. The molecular weight excluding hydrogens is 1020 g/mol. The van der Waals surface area contributed by atoms with Crippen molar-refractivity contribution in [2.45, 2.75) is 90.4 Å². The van der Waals surface area contributed by atoms with Gasteiger partial charge in [0.2, 0.25) is 0 Å². The Kier molecular flexibility index (Phi) is 12.1. The Morgan fingerprint density at radius 1 is 0.500 bits per heavy atom. The van der Waals surface area contributed by atoms with Gasteiger partial charge in [0, 0.05) is 47.1 Å². The Labute approximate surface area is 403 Å². The van der Waals surface area contributed by atoms with Crippen LogP contribution in [-0.4, -0.2) is 7.11 Å². The Morgan fingerprint density at radius 2 is 0.871 bits per heavy atom. The predicted molar refractivity (Wildman–Crippen MR) is 277 cm³/mol. The van der Waals surface area contributed by atoms with Gasteiger partial charge in [-0.05, 0) is 165 Å². The van der Waals surface area contributed by atoms with Crippen molar-refractivity contribution in [3.8, 4) is 28.0 Å². The number of ether oxygens (including phenoxy) is 1. The van der Waals surface area contributed by atoms with E-state index < -0.39 is 0 Å². The summed E-state index contributed by atoms with van der Waals surface area (Å²) in [6.07, 6.45) is 7.04. The largest absolute Gasteiger partial charge is 0.496 e. The van der Waals surface area contributed by atoms with Crippen LogP contribution >= 0.6 is 63.7 Å². The Bertz CT molecular complexity index is 2700. The zero-order valence-corrected chi connectivity index (χ0v) is 43.2. The molecule has 10 rings (SSSR count). The number of fused-ring (bicyclic) bond motifs is 8. The lowest BCUT2D eigenvalue weighted by Crippen LogP contribution is -2.15. The second kappa shape index (κ2) is 17.1. The van der Waals surface area contributed by atoms with Crippen LogP contribution in [0, 0.1) is 11.8 Å². The number of benzene rings is 6. The SMILES string of the molecule is CC1=Cc2c(cccc2C(C)(C)C)C1CC(C)C1c2cc(Br)ccc2-c2ccc(Br)cc21.COc1cccc2c1C=C(C)C2CC(C)C1c2cc(Br)ccc2-c2ccc(Br)cc21. The van der Waals surface area contributed by atoms with Crippen LogP contribution < -0.4 is 4.74 Å². The number of halogens is 4. The summed E-state index contributed by atoms with van der Waals surface area (Å²) in [5, 5.41) is 0. The van der Waals surface area contributed by atoms with Crippen LogP contribution in [0.25, 0.3) is 34.4 Å². The summed E-state index contributed by atoms with van der Waals surface area (Å²) < 4.78 is 10.3. The average molecular weight is 1070 g/mol. The minimum absolute atomic E-state index is 0.157. The topological polar surface area (TPSA) is 9.23 Å². The molecule has 0 aromatic heterocycles. The fourth-order valence-corrected chi connectivity index (χ4v) is 12.9. The highest BCUT2D eigenvalue weighted by Crippen LogP contribution is 2.55. The van der Waals surface area contributed by atoms with E-state index in [9.17, 15) is 0 Å². The number of methoxy groups -OCH3 is 1. The second-order valence-electron chi connectivity index (χ2n) is 19.2. The van der Waals surface area contributed by atoms with Crippen LogP contribution in [0.2, 0.25) is 0 Å². The van der Waals surface area contributed by atoms with Gasteiger partial charge < -0.3 is 4.74 Å². The lowest BCUT2D eigenvalue weighted by atomic mass is 9.77. The molecule has 5 heteroatoms. The maximum atomic E-state index is 5.62. The van der Waals surface area contributed by atoms with Crippen LogP contribution in [0.5, 0.6) is 5.75 Å². The molecule has 6 aromatic rings. The fraction of sp³-hybridized carbons (Fsp3) is 0.298. The minimum Gasteiger partial charge on any atom is -0.496 e. The van der Waals surface area contributed by atoms with Crippen LogP contribution in [0.4, 0.5) is 0 Å². The molecule has 0 fully saturated rings. The van der Waals surface area contributed by atoms with Crippen molar-refractivity contribution in [3.63, 3.8) is 0 Å². The van der Waals surface area contributed by atoms with Crippen LogP contribution in [0.3, 0.4) is 0 Å². The van der Waals surface area contributed by atoms with Crippen molar-refractivity contribution >= 4 is 75.9 Å². The molecular formula is C57H54Br4O. The van der Waals surface area contributed by atoms with Gasteiger partial charge in [-0.3, -0.25) is 0 Å². The molecule has 0 spiro atoms. The van der Waals surface area contributed by atoms with E-state index in [4.69, 9.17) is 4.74 Å². The smallest absolute Gasteiger partial charge is 0.126 e. The van der Waals surface area contributed by atoms with E-state index >= 15 is 0 Å². The van der Waals surface area contributed by atoms with Gasteiger partial charge in [-0.2, -0.15) is 0 Å². The van der Waals surface area contributed by atoms with Gasteiger partial charge in [-0.25, -0.2) is 0 Å². The van der Waals surface area contributed by atoms with Crippen LogP contribution in [0.15, 0.2) is 138 Å². The van der Waals surface area contributed by atoms with E-state index in [2.05, 4.69) is 234 Å². The monoisotopic (exact) mass is 1070 g/mol. The van der Waals surface area contributed by atoms with Crippen molar-refractivity contribution in [1.29, 1.82) is 0 Å². The summed E-state index contributed by atoms with van der Waals surface area (Å²) in [5.74, 6) is 3.75. The highest BCUT2D eigenvalue weighted by molar-refractivity contribution is 9.11. The van der Waals surface area contributed by atoms with E-state index in [0.717, 1.165) is 36.5 Å². The molecule has 4 aliphatic carbocycles. The zero-order chi connectivity index (χ0) is 43.8. The van der Waals surface area contributed by atoms with Gasteiger partial charge >= 0.3 is 0 Å². The molecule has 316 valence electrons. The summed E-state index contributed by atoms with van der Waals surface area (Å²) in [4.78, 5) is 0. The van der Waals surface area contributed by atoms with E-state index in [1.54, 1.807) is 7.11 Å². The highest BCUT2D eigenvalue weighted by atomic mass is 79.9. The number of rotatable bonds is 7. The maximum absolute atomic E-state index is 5.62. The molecule has 1 nitrogen and oxygen atoms in total. The summed E-state index contributed by atoms with van der Waals surface area (Å²) in [7, 11) is 1.76. The molecule has 4 atom stereocenters. The lowest BCUT2D eigenvalue weighted by Gasteiger charge is -2.27. The normalized spacial score (nSPS) is 18.1. The third kappa shape index (κ3) is 7.90. The van der Waals surface area contributed by atoms with Gasteiger partial charge in [0.25, 0.3) is 0 Å². The lowest BCUT2D eigenvalue weighted by molar-refractivity contribution is 0.412. The van der Waals surface area contributed by atoms with E-state index in [0.29, 0.717) is 35.5 Å². The summed E-state index contributed by atoms with van der Waals surface area (Å²) >= 11 is 14.9. The second-order valence-corrected chi connectivity index (χ2v) is 22.9. The van der Waals surface area contributed by atoms with E-state index in [-0.39, 0.29) is 5.41 Å². The minimum atomic E-state index is 0.157. The molecule has 4 unspecified atom stereocenters. The summed E-state index contributed by atoms with van der Waals surface area (Å²) in [6.45, 7) is 16.4. The van der Waals surface area contributed by atoms with Gasteiger partial charge in [0.1, 0.15) is 5.75 Å². The predicted octanol–water partition coefficient (Wildman–Crippen LogP) is 18.4. The Morgan fingerprint density at radius 3 is 1.26 bits per heavy atom. The molecule has 62 heavy (non-hydrogen) atoms. The first kappa shape index (κ1) is 43.8. The molecule has 4 aliphatic rings. The maximum Gasteiger partial charge on any atom is 0.126 e. The fourth-order valence-electron chi connectivity index (χ4n) is 11.4. The van der Waals surface area contributed by atoms with Crippen molar-refractivity contribution in [1.82, 2.24) is 0 Å². The first-order chi connectivity index (χ1) is 29.6. The molecule has 0 radical (unpaired) electrons. The van der Waals surface area contributed by atoms with Crippen molar-refractivity contribution in [2.75, 3.05) is 7.11 Å². The van der Waals surface area contributed by atoms with Gasteiger partial charge in [-0.15, -0.1) is 0 Å². The molecule has 0 heterocycles. The van der Waals surface area contributed by atoms with Gasteiger partial charge in [0.05, 0.1) is 7.11 Å². The Hall–Kier alpha value is -3.48.